The van der Waals surface area contributed by atoms with Crippen molar-refractivity contribution in [2.24, 2.45) is 0 Å². The van der Waals surface area contributed by atoms with Gasteiger partial charge in [0.25, 0.3) is 0 Å². The fourth-order valence-electron chi connectivity index (χ4n) is 1.34. The number of amides is 2. The van der Waals surface area contributed by atoms with Gasteiger partial charge in [-0.25, -0.2) is 9.59 Å². The molecule has 0 aromatic carbocycles. The van der Waals surface area contributed by atoms with Crippen LogP contribution < -0.4 is 10.6 Å². The standard InChI is InChI=1S/C11H22N2O4/c1-4-5-9(10(14)15)13-11(16)12-8(2)6-7-17-3/h8-9H,4-7H2,1-3H3,(H,14,15)(H2,12,13,16). The summed E-state index contributed by atoms with van der Waals surface area (Å²) in [4.78, 5) is 22.3. The van der Waals surface area contributed by atoms with Gasteiger partial charge in [-0.3, -0.25) is 0 Å². The third-order valence-corrected chi connectivity index (χ3v) is 2.31. The largest absolute Gasteiger partial charge is 0.480 e. The minimum atomic E-state index is -1.01. The highest BCUT2D eigenvalue weighted by atomic mass is 16.5. The van der Waals surface area contributed by atoms with Crippen LogP contribution in [0, 0.1) is 0 Å². The van der Waals surface area contributed by atoms with Gasteiger partial charge in [-0.05, 0) is 19.8 Å². The number of rotatable bonds is 8. The van der Waals surface area contributed by atoms with Crippen molar-refractivity contribution in [2.45, 2.75) is 45.2 Å². The van der Waals surface area contributed by atoms with Crippen LogP contribution in [0.15, 0.2) is 0 Å². The van der Waals surface area contributed by atoms with E-state index in [4.69, 9.17) is 9.84 Å². The fourth-order valence-corrected chi connectivity index (χ4v) is 1.34. The Morgan fingerprint density at radius 3 is 2.41 bits per heavy atom. The number of carboxylic acid groups (broad SMARTS) is 1. The van der Waals surface area contributed by atoms with Crippen LogP contribution >= 0.6 is 0 Å². The van der Waals surface area contributed by atoms with E-state index in [1.807, 2.05) is 13.8 Å². The molecular formula is C11H22N2O4. The SMILES string of the molecule is CCCC(NC(=O)NC(C)CCOC)C(=O)O. The van der Waals surface area contributed by atoms with Gasteiger partial charge < -0.3 is 20.5 Å². The van der Waals surface area contributed by atoms with Crippen molar-refractivity contribution in [1.29, 1.82) is 0 Å². The lowest BCUT2D eigenvalue weighted by Crippen LogP contribution is -2.48. The lowest BCUT2D eigenvalue weighted by molar-refractivity contribution is -0.139. The van der Waals surface area contributed by atoms with Crippen LogP contribution in [0.3, 0.4) is 0 Å². The van der Waals surface area contributed by atoms with Crippen molar-refractivity contribution in [3.8, 4) is 0 Å². The third-order valence-electron chi connectivity index (χ3n) is 2.31. The Balaban J connectivity index is 4.00. The highest BCUT2D eigenvalue weighted by Crippen LogP contribution is 1.97. The van der Waals surface area contributed by atoms with E-state index < -0.39 is 18.0 Å². The van der Waals surface area contributed by atoms with Crippen molar-refractivity contribution >= 4 is 12.0 Å². The molecule has 0 heterocycles. The predicted molar refractivity (Wildman–Crippen MR) is 64.0 cm³/mol. The van der Waals surface area contributed by atoms with E-state index in [2.05, 4.69) is 10.6 Å². The first-order chi connectivity index (χ1) is 8.01. The molecule has 0 aliphatic carbocycles. The number of hydrogen-bond acceptors (Lipinski definition) is 3. The van der Waals surface area contributed by atoms with Crippen molar-refractivity contribution in [3.05, 3.63) is 0 Å². The highest BCUT2D eigenvalue weighted by Gasteiger charge is 2.19. The topological polar surface area (TPSA) is 87.7 Å². The first-order valence-electron chi connectivity index (χ1n) is 5.80. The quantitative estimate of drug-likeness (QED) is 0.595. The molecule has 0 fully saturated rings. The van der Waals surface area contributed by atoms with Gasteiger partial charge in [0.2, 0.25) is 0 Å². The molecule has 0 bridgehead atoms. The molecule has 100 valence electrons. The lowest BCUT2D eigenvalue weighted by atomic mass is 10.2. The molecular weight excluding hydrogens is 224 g/mol. The monoisotopic (exact) mass is 246 g/mol. The molecule has 3 N–H and O–H groups in total. The van der Waals surface area contributed by atoms with Crippen LogP contribution in [0.5, 0.6) is 0 Å². The Bertz CT molecular complexity index is 246. The second kappa shape index (κ2) is 8.81. The molecule has 2 unspecified atom stereocenters. The summed E-state index contributed by atoms with van der Waals surface area (Å²) in [5, 5.41) is 14.0. The van der Waals surface area contributed by atoms with Crippen molar-refractivity contribution < 1.29 is 19.4 Å². The number of carboxylic acids is 1. The first kappa shape index (κ1) is 15.7. The molecule has 2 atom stereocenters. The van der Waals surface area contributed by atoms with Gasteiger partial charge in [-0.15, -0.1) is 0 Å². The molecule has 17 heavy (non-hydrogen) atoms. The Labute approximate surface area is 102 Å². The van der Waals surface area contributed by atoms with Gasteiger partial charge in [-0.2, -0.15) is 0 Å². The van der Waals surface area contributed by atoms with Crippen molar-refractivity contribution in [3.63, 3.8) is 0 Å². The van der Waals surface area contributed by atoms with Gasteiger partial charge >= 0.3 is 12.0 Å². The normalized spacial score (nSPS) is 13.8. The van der Waals surface area contributed by atoms with E-state index in [1.165, 1.54) is 0 Å². The second-order valence-electron chi connectivity index (χ2n) is 3.98. The molecule has 0 saturated heterocycles. The zero-order chi connectivity index (χ0) is 13.3. The van der Waals surface area contributed by atoms with E-state index in [0.29, 0.717) is 25.9 Å². The van der Waals surface area contributed by atoms with Gasteiger partial charge in [0, 0.05) is 19.8 Å². The summed E-state index contributed by atoms with van der Waals surface area (Å²) in [7, 11) is 1.59. The number of nitrogens with one attached hydrogen (secondary N) is 2. The fraction of sp³-hybridized carbons (Fsp3) is 0.818. The van der Waals surface area contributed by atoms with Crippen LogP contribution in [0.2, 0.25) is 0 Å². The van der Waals surface area contributed by atoms with Crippen molar-refractivity contribution in [1.82, 2.24) is 10.6 Å². The summed E-state index contributed by atoms with van der Waals surface area (Å²) in [5.41, 5.74) is 0. The number of hydrogen-bond donors (Lipinski definition) is 3. The maximum atomic E-state index is 11.5. The minimum absolute atomic E-state index is 0.0500. The molecule has 6 heteroatoms. The van der Waals surface area contributed by atoms with Gasteiger partial charge in [0.05, 0.1) is 0 Å². The molecule has 0 radical (unpaired) electrons. The van der Waals surface area contributed by atoms with Crippen LogP contribution in [0.25, 0.3) is 0 Å². The number of carbonyl (C=O) groups excluding carboxylic acids is 1. The minimum Gasteiger partial charge on any atom is -0.480 e. The summed E-state index contributed by atoms with van der Waals surface area (Å²) in [6.07, 6.45) is 1.82. The zero-order valence-electron chi connectivity index (χ0n) is 10.7. The molecule has 0 spiro atoms. The van der Waals surface area contributed by atoms with E-state index >= 15 is 0 Å². The summed E-state index contributed by atoms with van der Waals surface area (Å²) >= 11 is 0. The summed E-state index contributed by atoms with van der Waals surface area (Å²) in [6, 6.07) is -1.32. The zero-order valence-corrected chi connectivity index (χ0v) is 10.7. The van der Waals surface area contributed by atoms with Gasteiger partial charge in [-0.1, -0.05) is 13.3 Å². The lowest BCUT2D eigenvalue weighted by Gasteiger charge is -2.17. The van der Waals surface area contributed by atoms with Gasteiger partial charge in [0.1, 0.15) is 6.04 Å². The third kappa shape index (κ3) is 7.57. The molecule has 0 aromatic rings. The molecule has 6 nitrogen and oxygen atoms in total. The van der Waals surface area contributed by atoms with Gasteiger partial charge in [0.15, 0.2) is 0 Å². The second-order valence-corrected chi connectivity index (χ2v) is 3.98. The summed E-state index contributed by atoms with van der Waals surface area (Å²) < 4.78 is 4.89. The van der Waals surface area contributed by atoms with Crippen LogP contribution in [0.1, 0.15) is 33.1 Å². The number of carbonyl (C=O) groups is 2. The first-order valence-corrected chi connectivity index (χ1v) is 5.80. The molecule has 0 aliphatic rings. The number of aliphatic carboxylic acids is 1. The summed E-state index contributed by atoms with van der Waals surface area (Å²) in [6.45, 7) is 4.27. The van der Waals surface area contributed by atoms with E-state index in [0.717, 1.165) is 0 Å². The Morgan fingerprint density at radius 1 is 1.29 bits per heavy atom. The smallest absolute Gasteiger partial charge is 0.326 e. The van der Waals surface area contributed by atoms with E-state index in [9.17, 15) is 9.59 Å². The highest BCUT2D eigenvalue weighted by molar-refractivity contribution is 5.82. The van der Waals surface area contributed by atoms with E-state index in [-0.39, 0.29) is 6.04 Å². The molecule has 2 amide bonds. The average Bonchev–Trinajstić information content (AvgIpc) is 2.25. The summed E-state index contributed by atoms with van der Waals surface area (Å²) in [5.74, 6) is -1.01. The molecule has 0 rings (SSSR count). The van der Waals surface area contributed by atoms with E-state index in [1.54, 1.807) is 7.11 Å². The number of urea groups is 1. The predicted octanol–water partition coefficient (Wildman–Crippen LogP) is 0.964. The van der Waals surface area contributed by atoms with Crippen molar-refractivity contribution in [2.75, 3.05) is 13.7 Å². The molecule has 0 aliphatic heterocycles. The van der Waals surface area contributed by atoms with Crippen LogP contribution in [-0.4, -0.2) is 42.9 Å². The Kier molecular flexibility index (Phi) is 8.13. The maximum absolute atomic E-state index is 11.5. The molecule has 0 aromatic heterocycles. The maximum Gasteiger partial charge on any atom is 0.326 e. The Hall–Kier alpha value is -1.30. The Morgan fingerprint density at radius 2 is 1.94 bits per heavy atom. The average molecular weight is 246 g/mol. The molecule has 0 saturated carbocycles. The number of ether oxygens (including phenoxy) is 1. The van der Waals surface area contributed by atoms with Crippen LogP contribution in [-0.2, 0) is 9.53 Å². The number of methoxy groups -OCH3 is 1. The van der Waals surface area contributed by atoms with Crippen LogP contribution in [0.4, 0.5) is 4.79 Å².